The summed E-state index contributed by atoms with van der Waals surface area (Å²) in [6.07, 6.45) is 0.942. The average Bonchev–Trinajstić information content (AvgIpc) is 2.55. The van der Waals surface area contributed by atoms with Crippen LogP contribution in [0.1, 0.15) is 29.7 Å². The van der Waals surface area contributed by atoms with Crippen LogP contribution in [-0.4, -0.2) is 20.3 Å². The fourth-order valence-corrected chi connectivity index (χ4v) is 2.94. The van der Waals surface area contributed by atoms with Crippen LogP contribution in [-0.2, 0) is 6.42 Å². The van der Waals surface area contributed by atoms with Gasteiger partial charge in [-0.2, -0.15) is 0 Å². The van der Waals surface area contributed by atoms with E-state index in [4.69, 9.17) is 9.47 Å². The average molecular weight is 301 g/mol. The summed E-state index contributed by atoms with van der Waals surface area (Å²) in [5.41, 5.74) is 3.46. The van der Waals surface area contributed by atoms with Crippen molar-refractivity contribution >= 4 is 0 Å². The van der Waals surface area contributed by atoms with Crippen molar-refractivity contribution < 1.29 is 13.9 Å². The second-order valence-corrected chi connectivity index (χ2v) is 5.32. The minimum atomic E-state index is -0.218. The zero-order chi connectivity index (χ0) is 15.5. The van der Waals surface area contributed by atoms with Gasteiger partial charge < -0.3 is 14.8 Å². The smallest absolute Gasteiger partial charge is 0.161 e. The van der Waals surface area contributed by atoms with Gasteiger partial charge in [0.25, 0.3) is 0 Å². The number of hydrogen-bond acceptors (Lipinski definition) is 3. The number of fused-ring (bicyclic) bond motifs is 1. The molecule has 0 saturated carbocycles. The van der Waals surface area contributed by atoms with Gasteiger partial charge in [-0.3, -0.25) is 0 Å². The van der Waals surface area contributed by atoms with E-state index in [1.165, 1.54) is 17.7 Å². The van der Waals surface area contributed by atoms with Crippen LogP contribution in [0.3, 0.4) is 0 Å². The molecule has 2 aromatic rings. The van der Waals surface area contributed by atoms with Gasteiger partial charge in [-0.1, -0.05) is 12.1 Å². The van der Waals surface area contributed by atoms with Gasteiger partial charge in [0.05, 0.1) is 19.8 Å². The highest BCUT2D eigenvalue weighted by Crippen LogP contribution is 2.37. The molecule has 4 heteroatoms. The van der Waals surface area contributed by atoms with E-state index in [1.807, 2.05) is 25.1 Å². The third-order valence-electron chi connectivity index (χ3n) is 3.98. The lowest BCUT2D eigenvalue weighted by molar-refractivity contribution is 0.309. The minimum absolute atomic E-state index is 0.0499. The molecular formula is C18H20FNO2. The van der Waals surface area contributed by atoms with Crippen LogP contribution in [0.2, 0.25) is 0 Å². The molecule has 1 N–H and O–H groups in total. The summed E-state index contributed by atoms with van der Waals surface area (Å²) in [7, 11) is 1.65. The maximum Gasteiger partial charge on any atom is 0.161 e. The third-order valence-corrected chi connectivity index (χ3v) is 3.98. The molecule has 0 saturated heterocycles. The predicted molar refractivity (Wildman–Crippen MR) is 84.1 cm³/mol. The van der Waals surface area contributed by atoms with Crippen molar-refractivity contribution in [2.75, 3.05) is 20.3 Å². The van der Waals surface area contributed by atoms with Crippen LogP contribution in [0.4, 0.5) is 4.39 Å². The molecule has 0 aliphatic carbocycles. The molecule has 3 nitrogen and oxygen atoms in total. The van der Waals surface area contributed by atoms with Crippen LogP contribution in [0.25, 0.3) is 0 Å². The highest BCUT2D eigenvalue weighted by atomic mass is 19.1. The SMILES string of the molecule is CCOc1cc2c(cc1OC)[C@@H](c1ccc(F)cc1)NCC2. The van der Waals surface area contributed by atoms with E-state index in [1.54, 1.807) is 7.11 Å². The van der Waals surface area contributed by atoms with E-state index in [2.05, 4.69) is 11.4 Å². The molecule has 0 bridgehead atoms. The first-order chi connectivity index (χ1) is 10.7. The maximum atomic E-state index is 13.1. The summed E-state index contributed by atoms with van der Waals surface area (Å²) in [6.45, 7) is 3.45. The fraction of sp³-hybridized carbons (Fsp3) is 0.333. The number of rotatable bonds is 4. The summed E-state index contributed by atoms with van der Waals surface area (Å²) in [5, 5.41) is 3.49. The fourth-order valence-electron chi connectivity index (χ4n) is 2.94. The van der Waals surface area contributed by atoms with Gasteiger partial charge in [0.2, 0.25) is 0 Å². The van der Waals surface area contributed by atoms with Gasteiger partial charge in [-0.25, -0.2) is 4.39 Å². The molecule has 1 atom stereocenters. The number of ether oxygens (including phenoxy) is 2. The highest BCUT2D eigenvalue weighted by molar-refractivity contribution is 5.51. The van der Waals surface area contributed by atoms with E-state index >= 15 is 0 Å². The Morgan fingerprint density at radius 3 is 2.64 bits per heavy atom. The van der Waals surface area contributed by atoms with Crippen molar-refractivity contribution in [1.82, 2.24) is 5.32 Å². The predicted octanol–water partition coefficient (Wildman–Crippen LogP) is 3.47. The Labute approximate surface area is 130 Å². The van der Waals surface area contributed by atoms with Crippen molar-refractivity contribution in [1.29, 1.82) is 0 Å². The minimum Gasteiger partial charge on any atom is -0.493 e. The van der Waals surface area contributed by atoms with Crippen LogP contribution in [0.5, 0.6) is 11.5 Å². The summed E-state index contributed by atoms with van der Waals surface area (Å²) < 4.78 is 24.3. The second kappa shape index (κ2) is 6.36. The lowest BCUT2D eigenvalue weighted by Crippen LogP contribution is -2.30. The Bertz CT molecular complexity index is 655. The van der Waals surface area contributed by atoms with Crippen molar-refractivity contribution in [2.45, 2.75) is 19.4 Å². The normalized spacial score (nSPS) is 17.0. The number of methoxy groups -OCH3 is 1. The lowest BCUT2D eigenvalue weighted by atomic mass is 9.89. The zero-order valence-electron chi connectivity index (χ0n) is 12.9. The Kier molecular flexibility index (Phi) is 4.29. The standard InChI is InChI=1S/C18H20FNO2/c1-3-22-17-10-13-8-9-20-18(15(13)11-16(17)21-2)12-4-6-14(19)7-5-12/h4-7,10-11,18,20H,3,8-9H2,1-2H3/t18-/m1/s1. The molecule has 3 rings (SSSR count). The molecule has 0 aromatic heterocycles. The van der Waals surface area contributed by atoms with Crippen molar-refractivity contribution in [3.63, 3.8) is 0 Å². The molecule has 116 valence electrons. The van der Waals surface area contributed by atoms with E-state index < -0.39 is 0 Å². The van der Waals surface area contributed by atoms with Crippen LogP contribution >= 0.6 is 0 Å². The summed E-state index contributed by atoms with van der Waals surface area (Å²) >= 11 is 0. The Morgan fingerprint density at radius 1 is 1.18 bits per heavy atom. The summed E-state index contributed by atoms with van der Waals surface area (Å²) in [4.78, 5) is 0. The topological polar surface area (TPSA) is 30.5 Å². The lowest BCUT2D eigenvalue weighted by Gasteiger charge is -2.28. The first-order valence-corrected chi connectivity index (χ1v) is 7.55. The van der Waals surface area contributed by atoms with E-state index in [9.17, 15) is 4.39 Å². The van der Waals surface area contributed by atoms with E-state index in [0.29, 0.717) is 6.61 Å². The Balaban J connectivity index is 2.03. The Morgan fingerprint density at radius 2 is 1.95 bits per heavy atom. The van der Waals surface area contributed by atoms with Crippen LogP contribution in [0.15, 0.2) is 36.4 Å². The molecule has 0 spiro atoms. The summed E-state index contributed by atoms with van der Waals surface area (Å²) in [5.74, 6) is 1.30. The molecule has 1 aliphatic heterocycles. The number of hydrogen-bond donors (Lipinski definition) is 1. The molecule has 1 aliphatic rings. The number of halogens is 1. The largest absolute Gasteiger partial charge is 0.493 e. The monoisotopic (exact) mass is 301 g/mol. The van der Waals surface area contributed by atoms with Crippen LogP contribution in [0, 0.1) is 5.82 Å². The van der Waals surface area contributed by atoms with Gasteiger partial charge in [-0.05, 0) is 54.3 Å². The first-order valence-electron chi connectivity index (χ1n) is 7.55. The number of benzene rings is 2. The van der Waals surface area contributed by atoms with Crippen molar-refractivity contribution in [3.05, 3.63) is 58.9 Å². The molecule has 0 amide bonds. The second-order valence-electron chi connectivity index (χ2n) is 5.32. The van der Waals surface area contributed by atoms with Gasteiger partial charge >= 0.3 is 0 Å². The van der Waals surface area contributed by atoms with Gasteiger partial charge in [0.15, 0.2) is 11.5 Å². The highest BCUT2D eigenvalue weighted by Gasteiger charge is 2.23. The van der Waals surface area contributed by atoms with Gasteiger partial charge in [0, 0.05) is 6.54 Å². The molecule has 0 unspecified atom stereocenters. The van der Waals surface area contributed by atoms with E-state index in [-0.39, 0.29) is 11.9 Å². The molecular weight excluding hydrogens is 281 g/mol. The van der Waals surface area contributed by atoms with Crippen LogP contribution < -0.4 is 14.8 Å². The maximum absolute atomic E-state index is 13.1. The first kappa shape index (κ1) is 14.9. The van der Waals surface area contributed by atoms with Crippen molar-refractivity contribution in [3.8, 4) is 11.5 Å². The quantitative estimate of drug-likeness (QED) is 0.938. The molecule has 0 fully saturated rings. The molecule has 2 aromatic carbocycles. The molecule has 0 radical (unpaired) electrons. The zero-order valence-corrected chi connectivity index (χ0v) is 12.9. The van der Waals surface area contributed by atoms with Gasteiger partial charge in [-0.15, -0.1) is 0 Å². The number of nitrogens with one attached hydrogen (secondary N) is 1. The third kappa shape index (κ3) is 2.79. The molecule has 22 heavy (non-hydrogen) atoms. The van der Waals surface area contributed by atoms with E-state index in [0.717, 1.165) is 35.6 Å². The molecule has 1 heterocycles. The summed E-state index contributed by atoms with van der Waals surface area (Å²) in [6, 6.07) is 10.8. The Hall–Kier alpha value is -2.07. The van der Waals surface area contributed by atoms with Crippen molar-refractivity contribution in [2.24, 2.45) is 0 Å². The van der Waals surface area contributed by atoms with Gasteiger partial charge in [0.1, 0.15) is 5.82 Å².